The van der Waals surface area contributed by atoms with Crippen molar-refractivity contribution in [3.63, 3.8) is 0 Å². The molecule has 1 atom stereocenters. The van der Waals surface area contributed by atoms with Crippen LogP contribution in [0.5, 0.6) is 0 Å². The first-order valence-electron chi connectivity index (χ1n) is 6.96. The van der Waals surface area contributed by atoms with Crippen LogP contribution in [-0.4, -0.2) is 16.7 Å². The summed E-state index contributed by atoms with van der Waals surface area (Å²) in [5.74, 6) is 0. The highest BCUT2D eigenvalue weighted by Gasteiger charge is 2.21. The summed E-state index contributed by atoms with van der Waals surface area (Å²) in [4.78, 5) is 1.31. The SMILES string of the molecule is CCCNC(c1cc(C)nnc1CC)c1sccc1Br. The molecule has 5 heteroatoms. The number of halogens is 1. The van der Waals surface area contributed by atoms with E-state index in [2.05, 4.69) is 62.8 Å². The zero-order valence-electron chi connectivity index (χ0n) is 12.1. The lowest BCUT2D eigenvalue weighted by Crippen LogP contribution is -2.24. The second-order valence-corrected chi connectivity index (χ2v) is 6.56. The maximum atomic E-state index is 4.36. The lowest BCUT2D eigenvalue weighted by Gasteiger charge is -2.20. The third kappa shape index (κ3) is 3.45. The first kappa shape index (κ1) is 15.6. The maximum absolute atomic E-state index is 4.36. The average Bonchev–Trinajstić information content (AvgIpc) is 2.86. The maximum Gasteiger partial charge on any atom is 0.0701 e. The summed E-state index contributed by atoms with van der Waals surface area (Å²) in [5, 5.41) is 14.3. The van der Waals surface area contributed by atoms with Crippen molar-refractivity contribution in [2.45, 2.75) is 39.7 Å². The molecule has 0 aliphatic rings. The predicted molar refractivity (Wildman–Crippen MR) is 88.3 cm³/mol. The number of hydrogen-bond acceptors (Lipinski definition) is 4. The second kappa shape index (κ2) is 7.29. The molecule has 0 spiro atoms. The van der Waals surface area contributed by atoms with Crippen molar-refractivity contribution < 1.29 is 0 Å². The van der Waals surface area contributed by atoms with Crippen molar-refractivity contribution in [2.24, 2.45) is 0 Å². The van der Waals surface area contributed by atoms with Gasteiger partial charge in [0.25, 0.3) is 0 Å². The fraction of sp³-hybridized carbons (Fsp3) is 0.467. The molecule has 0 saturated carbocycles. The Morgan fingerprint density at radius 2 is 2.15 bits per heavy atom. The van der Waals surface area contributed by atoms with E-state index in [9.17, 15) is 0 Å². The molecule has 1 unspecified atom stereocenters. The minimum atomic E-state index is 0.188. The highest BCUT2D eigenvalue weighted by atomic mass is 79.9. The minimum Gasteiger partial charge on any atom is -0.306 e. The molecule has 0 fully saturated rings. The second-order valence-electron chi connectivity index (χ2n) is 4.76. The van der Waals surface area contributed by atoms with Gasteiger partial charge in [0.15, 0.2) is 0 Å². The van der Waals surface area contributed by atoms with E-state index in [0.717, 1.165) is 35.2 Å². The zero-order valence-corrected chi connectivity index (χ0v) is 14.5. The monoisotopic (exact) mass is 353 g/mol. The summed E-state index contributed by atoms with van der Waals surface area (Å²) < 4.78 is 1.16. The van der Waals surface area contributed by atoms with Crippen LogP contribution in [0.15, 0.2) is 22.0 Å². The van der Waals surface area contributed by atoms with Crippen molar-refractivity contribution in [1.29, 1.82) is 0 Å². The molecule has 108 valence electrons. The lowest BCUT2D eigenvalue weighted by molar-refractivity contribution is 0.594. The van der Waals surface area contributed by atoms with Crippen molar-refractivity contribution in [3.05, 3.63) is 43.8 Å². The molecule has 20 heavy (non-hydrogen) atoms. The largest absolute Gasteiger partial charge is 0.306 e. The zero-order chi connectivity index (χ0) is 14.5. The Morgan fingerprint density at radius 1 is 1.35 bits per heavy atom. The third-order valence-corrected chi connectivity index (χ3v) is 5.11. The number of aryl methyl sites for hydroxylation is 2. The molecule has 0 amide bonds. The summed E-state index contributed by atoms with van der Waals surface area (Å²) in [5.41, 5.74) is 3.29. The first-order chi connectivity index (χ1) is 9.67. The number of thiophene rings is 1. The third-order valence-electron chi connectivity index (χ3n) is 3.18. The van der Waals surface area contributed by atoms with Gasteiger partial charge in [0.1, 0.15) is 0 Å². The predicted octanol–water partition coefficient (Wildman–Crippen LogP) is 4.26. The van der Waals surface area contributed by atoms with E-state index < -0.39 is 0 Å². The van der Waals surface area contributed by atoms with Gasteiger partial charge in [-0.2, -0.15) is 10.2 Å². The van der Waals surface area contributed by atoms with Gasteiger partial charge < -0.3 is 5.32 Å². The van der Waals surface area contributed by atoms with Crippen LogP contribution in [0.25, 0.3) is 0 Å². The van der Waals surface area contributed by atoms with Crippen LogP contribution in [0.2, 0.25) is 0 Å². The Balaban J connectivity index is 2.46. The Kier molecular flexibility index (Phi) is 5.69. The van der Waals surface area contributed by atoms with E-state index >= 15 is 0 Å². The molecule has 0 saturated heterocycles. The molecule has 0 bridgehead atoms. The van der Waals surface area contributed by atoms with Crippen molar-refractivity contribution in [2.75, 3.05) is 6.54 Å². The van der Waals surface area contributed by atoms with Gasteiger partial charge in [-0.1, -0.05) is 13.8 Å². The van der Waals surface area contributed by atoms with Gasteiger partial charge in [-0.25, -0.2) is 0 Å². The molecular formula is C15H20BrN3S. The average molecular weight is 354 g/mol. The van der Waals surface area contributed by atoms with Crippen LogP contribution in [0.4, 0.5) is 0 Å². The molecule has 0 aromatic carbocycles. The van der Waals surface area contributed by atoms with Gasteiger partial charge >= 0.3 is 0 Å². The Morgan fingerprint density at radius 3 is 2.75 bits per heavy atom. The summed E-state index contributed by atoms with van der Waals surface area (Å²) >= 11 is 5.43. The fourth-order valence-corrected chi connectivity index (χ4v) is 3.90. The molecule has 3 nitrogen and oxygen atoms in total. The van der Waals surface area contributed by atoms with Crippen molar-refractivity contribution in [3.8, 4) is 0 Å². The van der Waals surface area contributed by atoms with Crippen molar-refractivity contribution in [1.82, 2.24) is 15.5 Å². The summed E-state index contributed by atoms with van der Waals surface area (Å²) in [6.45, 7) is 7.29. The van der Waals surface area contributed by atoms with Gasteiger partial charge in [0.05, 0.1) is 17.4 Å². The molecule has 2 aromatic rings. The van der Waals surface area contributed by atoms with E-state index in [0.29, 0.717) is 0 Å². The molecule has 0 radical (unpaired) electrons. The van der Waals surface area contributed by atoms with Crippen LogP contribution in [0.1, 0.15) is 48.1 Å². The van der Waals surface area contributed by atoms with E-state index in [4.69, 9.17) is 0 Å². The number of aromatic nitrogens is 2. The Labute approximate surface area is 133 Å². The van der Waals surface area contributed by atoms with E-state index in [1.807, 2.05) is 6.92 Å². The summed E-state index contributed by atoms with van der Waals surface area (Å²) in [6.07, 6.45) is 2.01. The summed E-state index contributed by atoms with van der Waals surface area (Å²) in [6, 6.07) is 4.45. The van der Waals surface area contributed by atoms with Crippen LogP contribution in [-0.2, 0) is 6.42 Å². The molecule has 1 N–H and O–H groups in total. The lowest BCUT2D eigenvalue weighted by atomic mass is 10.0. The number of rotatable bonds is 6. The first-order valence-corrected chi connectivity index (χ1v) is 8.64. The highest BCUT2D eigenvalue weighted by Crippen LogP contribution is 2.34. The van der Waals surface area contributed by atoms with Gasteiger partial charge in [-0.05, 0) is 65.3 Å². The van der Waals surface area contributed by atoms with Gasteiger partial charge in [-0.15, -0.1) is 11.3 Å². The standard InChI is InChI=1S/C15H20BrN3S/c1-4-7-17-14(15-12(16)6-8-20-15)11-9-10(3)18-19-13(11)5-2/h6,8-9,14,17H,4-5,7H2,1-3H3. The normalized spacial score (nSPS) is 12.6. The van der Waals surface area contributed by atoms with E-state index in [1.165, 1.54) is 10.4 Å². The van der Waals surface area contributed by atoms with Gasteiger partial charge in [-0.3, -0.25) is 0 Å². The van der Waals surface area contributed by atoms with E-state index in [1.54, 1.807) is 11.3 Å². The quantitative estimate of drug-likeness (QED) is 0.842. The van der Waals surface area contributed by atoms with Gasteiger partial charge in [0, 0.05) is 9.35 Å². The molecule has 2 heterocycles. The number of nitrogens with zero attached hydrogens (tertiary/aromatic N) is 2. The molecule has 2 rings (SSSR count). The fourth-order valence-electron chi connectivity index (χ4n) is 2.20. The number of hydrogen-bond donors (Lipinski definition) is 1. The molecule has 2 aromatic heterocycles. The topological polar surface area (TPSA) is 37.8 Å². The molecular weight excluding hydrogens is 334 g/mol. The minimum absolute atomic E-state index is 0.188. The van der Waals surface area contributed by atoms with Crippen LogP contribution in [0.3, 0.4) is 0 Å². The Hall–Kier alpha value is -0.780. The van der Waals surface area contributed by atoms with Crippen LogP contribution >= 0.6 is 27.3 Å². The summed E-state index contributed by atoms with van der Waals surface area (Å²) in [7, 11) is 0. The molecule has 0 aliphatic carbocycles. The smallest absolute Gasteiger partial charge is 0.0701 e. The van der Waals surface area contributed by atoms with Crippen LogP contribution < -0.4 is 5.32 Å². The highest BCUT2D eigenvalue weighted by molar-refractivity contribution is 9.10. The van der Waals surface area contributed by atoms with Crippen LogP contribution in [0, 0.1) is 6.92 Å². The molecule has 0 aliphatic heterocycles. The van der Waals surface area contributed by atoms with Gasteiger partial charge in [0.2, 0.25) is 0 Å². The number of nitrogens with one attached hydrogen (secondary N) is 1. The Bertz CT molecular complexity index is 568. The van der Waals surface area contributed by atoms with E-state index in [-0.39, 0.29) is 6.04 Å². The van der Waals surface area contributed by atoms with Crippen molar-refractivity contribution >= 4 is 27.3 Å².